The van der Waals surface area contributed by atoms with Crippen molar-refractivity contribution in [3.05, 3.63) is 59.4 Å². The van der Waals surface area contributed by atoms with Crippen molar-refractivity contribution < 1.29 is 23.1 Å². The molecule has 0 saturated heterocycles. The molecule has 3 aromatic rings. The van der Waals surface area contributed by atoms with Crippen molar-refractivity contribution in [3.8, 4) is 11.3 Å². The molecule has 3 N–H and O–H groups in total. The van der Waals surface area contributed by atoms with Crippen LogP contribution in [-0.2, 0) is 4.79 Å². The summed E-state index contributed by atoms with van der Waals surface area (Å²) in [5.41, 5.74) is 1.05. The maximum Gasteiger partial charge on any atom is 0.252 e. The van der Waals surface area contributed by atoms with Crippen LogP contribution in [0.2, 0.25) is 0 Å². The van der Waals surface area contributed by atoms with Crippen molar-refractivity contribution >= 4 is 16.8 Å². The standard InChI is InChI=1S/C22H19F3N2O2/c23-13-3-1-11(2-4-13)19-18(16-9-14(24)10-17(25)20(16)27-19)12-7-15(8-12)26-21(28)22(29)5-6-22/h1-4,9-10,12,15,27,29H,5-8H2,(H,26,28). The molecule has 2 aromatic carbocycles. The summed E-state index contributed by atoms with van der Waals surface area (Å²) in [6.07, 6.45) is 2.15. The molecule has 1 heterocycles. The van der Waals surface area contributed by atoms with Gasteiger partial charge in [-0.15, -0.1) is 0 Å². The van der Waals surface area contributed by atoms with Crippen molar-refractivity contribution in [2.24, 2.45) is 0 Å². The second-order valence-corrected chi connectivity index (χ2v) is 8.10. The van der Waals surface area contributed by atoms with Gasteiger partial charge in [-0.1, -0.05) is 0 Å². The number of rotatable bonds is 4. The van der Waals surface area contributed by atoms with Gasteiger partial charge in [-0.05, 0) is 73.1 Å². The average molecular weight is 400 g/mol. The van der Waals surface area contributed by atoms with Crippen molar-refractivity contribution in [2.45, 2.75) is 43.2 Å². The number of hydrogen-bond donors (Lipinski definition) is 3. The number of aromatic nitrogens is 1. The monoisotopic (exact) mass is 400 g/mol. The minimum absolute atomic E-state index is 0.0239. The van der Waals surface area contributed by atoms with Gasteiger partial charge in [0.15, 0.2) is 0 Å². The van der Waals surface area contributed by atoms with E-state index >= 15 is 0 Å². The maximum atomic E-state index is 14.4. The Hall–Kier alpha value is -2.80. The molecule has 29 heavy (non-hydrogen) atoms. The Morgan fingerprint density at radius 3 is 2.41 bits per heavy atom. The first-order chi connectivity index (χ1) is 13.8. The number of aromatic amines is 1. The summed E-state index contributed by atoms with van der Waals surface area (Å²) in [6.45, 7) is 0. The van der Waals surface area contributed by atoms with E-state index < -0.39 is 17.2 Å². The van der Waals surface area contributed by atoms with Crippen LogP contribution in [0.4, 0.5) is 13.2 Å². The van der Waals surface area contributed by atoms with E-state index in [4.69, 9.17) is 0 Å². The number of amides is 1. The third-order valence-corrected chi connectivity index (χ3v) is 6.03. The highest BCUT2D eigenvalue weighted by molar-refractivity contribution is 5.92. The zero-order valence-corrected chi connectivity index (χ0v) is 15.4. The minimum atomic E-state index is -1.22. The predicted molar refractivity (Wildman–Crippen MR) is 102 cm³/mol. The zero-order valence-electron chi connectivity index (χ0n) is 15.4. The molecule has 2 fully saturated rings. The number of H-pyrrole nitrogens is 1. The van der Waals surface area contributed by atoms with E-state index in [1.165, 1.54) is 18.2 Å². The van der Waals surface area contributed by atoms with Crippen LogP contribution in [0.1, 0.15) is 37.2 Å². The Morgan fingerprint density at radius 1 is 1.07 bits per heavy atom. The third kappa shape index (κ3) is 3.09. The van der Waals surface area contributed by atoms with Crippen molar-refractivity contribution in [1.82, 2.24) is 10.3 Å². The number of carbonyl (C=O) groups excluding carboxylic acids is 1. The van der Waals surface area contributed by atoms with Gasteiger partial charge in [0.05, 0.1) is 11.2 Å². The molecule has 0 aliphatic heterocycles. The molecule has 2 aliphatic carbocycles. The summed E-state index contributed by atoms with van der Waals surface area (Å²) in [5.74, 6) is -2.11. The van der Waals surface area contributed by atoms with Gasteiger partial charge in [0.25, 0.3) is 5.91 Å². The van der Waals surface area contributed by atoms with Crippen LogP contribution in [0.3, 0.4) is 0 Å². The highest BCUT2D eigenvalue weighted by Crippen LogP contribution is 2.46. The lowest BCUT2D eigenvalue weighted by atomic mass is 9.74. The summed E-state index contributed by atoms with van der Waals surface area (Å²) in [6, 6.07) is 7.87. The molecule has 4 nitrogen and oxygen atoms in total. The number of carbonyl (C=O) groups is 1. The highest BCUT2D eigenvalue weighted by Gasteiger charge is 2.49. The van der Waals surface area contributed by atoms with Gasteiger partial charge in [0, 0.05) is 17.5 Å². The number of benzene rings is 2. The van der Waals surface area contributed by atoms with Crippen molar-refractivity contribution in [1.29, 1.82) is 0 Å². The SMILES string of the molecule is O=C(NC1CC(c2c(-c3ccc(F)cc3)[nH]c3c(F)cc(F)cc23)C1)C1(O)CC1. The molecule has 5 rings (SSSR count). The third-order valence-electron chi connectivity index (χ3n) is 6.03. The van der Waals surface area contributed by atoms with E-state index in [1.807, 2.05) is 0 Å². The molecular weight excluding hydrogens is 381 g/mol. The molecular formula is C22H19F3N2O2. The van der Waals surface area contributed by atoms with Crippen LogP contribution in [0.25, 0.3) is 22.2 Å². The normalized spacial score (nSPS) is 22.3. The summed E-state index contributed by atoms with van der Waals surface area (Å²) >= 11 is 0. The van der Waals surface area contributed by atoms with Crippen LogP contribution >= 0.6 is 0 Å². The molecule has 7 heteroatoms. The van der Waals surface area contributed by atoms with Gasteiger partial charge in [0.2, 0.25) is 0 Å². The lowest BCUT2D eigenvalue weighted by Crippen LogP contribution is -2.48. The Morgan fingerprint density at radius 2 is 1.76 bits per heavy atom. The molecule has 150 valence electrons. The van der Waals surface area contributed by atoms with Crippen LogP contribution in [0, 0.1) is 17.5 Å². The second-order valence-electron chi connectivity index (χ2n) is 8.10. The predicted octanol–water partition coefficient (Wildman–Crippen LogP) is 4.14. The molecule has 0 unspecified atom stereocenters. The van der Waals surface area contributed by atoms with Gasteiger partial charge in [-0.2, -0.15) is 0 Å². The largest absolute Gasteiger partial charge is 0.380 e. The first-order valence-corrected chi connectivity index (χ1v) is 9.64. The van der Waals surface area contributed by atoms with Crippen LogP contribution in [0.5, 0.6) is 0 Å². The number of fused-ring (bicyclic) bond motifs is 1. The second kappa shape index (κ2) is 6.35. The Bertz CT molecular complexity index is 1110. The molecule has 2 saturated carbocycles. The fourth-order valence-electron chi connectivity index (χ4n) is 4.14. The molecule has 0 radical (unpaired) electrons. The molecule has 0 bridgehead atoms. The molecule has 0 spiro atoms. The molecule has 1 aromatic heterocycles. The summed E-state index contributed by atoms with van der Waals surface area (Å²) < 4.78 is 41.7. The van der Waals surface area contributed by atoms with Crippen LogP contribution in [-0.4, -0.2) is 27.6 Å². The van der Waals surface area contributed by atoms with E-state index in [-0.39, 0.29) is 29.2 Å². The number of hydrogen-bond acceptors (Lipinski definition) is 2. The molecule has 2 aliphatic rings. The van der Waals surface area contributed by atoms with E-state index in [0.29, 0.717) is 42.3 Å². The van der Waals surface area contributed by atoms with Crippen molar-refractivity contribution in [2.75, 3.05) is 0 Å². The summed E-state index contributed by atoms with van der Waals surface area (Å²) in [5, 5.41) is 13.2. The van der Waals surface area contributed by atoms with Gasteiger partial charge in [0.1, 0.15) is 23.1 Å². The number of nitrogens with one attached hydrogen (secondary N) is 2. The smallest absolute Gasteiger partial charge is 0.252 e. The fraction of sp³-hybridized carbons (Fsp3) is 0.318. The molecule has 1 amide bonds. The van der Waals surface area contributed by atoms with E-state index in [1.54, 1.807) is 12.1 Å². The minimum Gasteiger partial charge on any atom is -0.380 e. The van der Waals surface area contributed by atoms with Crippen LogP contribution < -0.4 is 5.32 Å². The first kappa shape index (κ1) is 18.2. The Kier molecular flexibility index (Phi) is 4.00. The van der Waals surface area contributed by atoms with E-state index in [2.05, 4.69) is 10.3 Å². The first-order valence-electron chi connectivity index (χ1n) is 9.64. The van der Waals surface area contributed by atoms with E-state index in [9.17, 15) is 23.1 Å². The Labute approximate surface area is 164 Å². The number of halogens is 3. The van der Waals surface area contributed by atoms with Gasteiger partial charge in [-0.3, -0.25) is 4.79 Å². The van der Waals surface area contributed by atoms with E-state index in [0.717, 1.165) is 11.6 Å². The van der Waals surface area contributed by atoms with Gasteiger partial charge in [-0.25, -0.2) is 13.2 Å². The van der Waals surface area contributed by atoms with Gasteiger partial charge >= 0.3 is 0 Å². The summed E-state index contributed by atoms with van der Waals surface area (Å²) in [4.78, 5) is 15.1. The highest BCUT2D eigenvalue weighted by atomic mass is 19.1. The van der Waals surface area contributed by atoms with Crippen LogP contribution in [0.15, 0.2) is 36.4 Å². The fourth-order valence-corrected chi connectivity index (χ4v) is 4.14. The zero-order chi connectivity index (χ0) is 20.3. The molecule has 0 atom stereocenters. The Balaban J connectivity index is 1.49. The van der Waals surface area contributed by atoms with Crippen molar-refractivity contribution in [3.63, 3.8) is 0 Å². The van der Waals surface area contributed by atoms with Gasteiger partial charge < -0.3 is 15.4 Å². The number of aliphatic hydroxyl groups is 1. The maximum absolute atomic E-state index is 14.4. The lowest BCUT2D eigenvalue weighted by Gasteiger charge is -2.37. The summed E-state index contributed by atoms with van der Waals surface area (Å²) in [7, 11) is 0. The topological polar surface area (TPSA) is 65.1 Å². The quantitative estimate of drug-likeness (QED) is 0.616. The lowest BCUT2D eigenvalue weighted by molar-refractivity contribution is -0.132. The average Bonchev–Trinajstić information content (AvgIpc) is 3.29.